The van der Waals surface area contributed by atoms with Gasteiger partial charge in [0.15, 0.2) is 11.2 Å². The fourth-order valence-electron chi connectivity index (χ4n) is 7.53. The smallest absolute Gasteiger partial charge is 0.178 e. The van der Waals surface area contributed by atoms with E-state index in [4.69, 9.17) is 8.83 Å². The molecule has 10 aromatic rings. The Morgan fingerprint density at radius 3 is 1.44 bits per heavy atom. The SMILES string of the molecule is c1ccc(-c2ccc(-c3c4ccccc4c(-c4ccc5c(c4)oc4c5ccc5c(-c6ccccc6)coc54)c4ccccc34)cc2)cc1. The lowest BCUT2D eigenvalue weighted by Crippen LogP contribution is -1.91. The molecule has 48 heavy (non-hydrogen) atoms. The van der Waals surface area contributed by atoms with Crippen LogP contribution in [0.15, 0.2) is 179 Å². The van der Waals surface area contributed by atoms with Crippen LogP contribution in [0.3, 0.4) is 0 Å². The van der Waals surface area contributed by atoms with Gasteiger partial charge in [-0.2, -0.15) is 0 Å². The van der Waals surface area contributed by atoms with E-state index in [0.29, 0.717) is 0 Å². The minimum Gasteiger partial charge on any atom is -0.460 e. The number of hydrogen-bond donors (Lipinski definition) is 0. The molecule has 224 valence electrons. The summed E-state index contributed by atoms with van der Waals surface area (Å²) in [7, 11) is 0. The Morgan fingerprint density at radius 1 is 0.312 bits per heavy atom. The highest BCUT2D eigenvalue weighted by atomic mass is 16.4. The molecule has 2 heteroatoms. The van der Waals surface area contributed by atoms with E-state index in [1.54, 1.807) is 0 Å². The first-order valence-corrected chi connectivity index (χ1v) is 16.3. The van der Waals surface area contributed by atoms with Gasteiger partial charge in [0.25, 0.3) is 0 Å². The van der Waals surface area contributed by atoms with Gasteiger partial charge in [-0.05, 0) is 84.8 Å². The molecular weight excluding hydrogens is 585 g/mol. The second-order valence-electron chi connectivity index (χ2n) is 12.4. The van der Waals surface area contributed by atoms with Crippen LogP contribution in [0.5, 0.6) is 0 Å². The first-order valence-electron chi connectivity index (χ1n) is 16.3. The van der Waals surface area contributed by atoms with Gasteiger partial charge in [-0.15, -0.1) is 0 Å². The van der Waals surface area contributed by atoms with Gasteiger partial charge >= 0.3 is 0 Å². The molecule has 0 N–H and O–H groups in total. The maximum atomic E-state index is 6.65. The number of benzene rings is 8. The lowest BCUT2D eigenvalue weighted by Gasteiger charge is -2.18. The van der Waals surface area contributed by atoms with E-state index in [2.05, 4.69) is 158 Å². The molecule has 0 radical (unpaired) electrons. The average molecular weight is 613 g/mol. The molecule has 0 aliphatic carbocycles. The molecule has 2 nitrogen and oxygen atoms in total. The Morgan fingerprint density at radius 2 is 0.792 bits per heavy atom. The van der Waals surface area contributed by atoms with E-state index in [1.165, 1.54) is 49.4 Å². The molecule has 0 atom stereocenters. The second-order valence-corrected chi connectivity index (χ2v) is 12.4. The zero-order valence-corrected chi connectivity index (χ0v) is 26.0. The number of furan rings is 2. The molecular formula is C46H28O2. The summed E-state index contributed by atoms with van der Waals surface area (Å²) in [6.07, 6.45) is 1.84. The third-order valence-corrected chi connectivity index (χ3v) is 9.77. The third kappa shape index (κ3) is 4.06. The van der Waals surface area contributed by atoms with Crippen LogP contribution in [0, 0.1) is 0 Å². The normalized spacial score (nSPS) is 11.8. The number of fused-ring (bicyclic) bond motifs is 7. The fourth-order valence-corrected chi connectivity index (χ4v) is 7.53. The summed E-state index contributed by atoms with van der Waals surface area (Å²) in [6, 6.07) is 58.4. The van der Waals surface area contributed by atoms with E-state index in [9.17, 15) is 0 Å². The fraction of sp³-hybridized carbons (Fsp3) is 0. The predicted molar refractivity (Wildman–Crippen MR) is 200 cm³/mol. The summed E-state index contributed by atoms with van der Waals surface area (Å²) in [4.78, 5) is 0. The molecule has 0 fully saturated rings. The van der Waals surface area contributed by atoms with Crippen molar-refractivity contribution in [1.82, 2.24) is 0 Å². The summed E-state index contributed by atoms with van der Waals surface area (Å²) in [6.45, 7) is 0. The Bertz CT molecular complexity index is 2750. The lowest BCUT2D eigenvalue weighted by atomic mass is 9.85. The van der Waals surface area contributed by atoms with E-state index >= 15 is 0 Å². The molecule has 10 rings (SSSR count). The second kappa shape index (κ2) is 10.6. The van der Waals surface area contributed by atoms with Gasteiger partial charge in [0, 0.05) is 21.7 Å². The molecule has 0 unspecified atom stereocenters. The average Bonchev–Trinajstić information content (AvgIpc) is 3.76. The van der Waals surface area contributed by atoms with Crippen molar-refractivity contribution >= 4 is 54.5 Å². The molecule has 0 aliphatic rings. The van der Waals surface area contributed by atoms with Crippen molar-refractivity contribution in [3.05, 3.63) is 170 Å². The van der Waals surface area contributed by atoms with Gasteiger partial charge in [-0.25, -0.2) is 0 Å². The quantitative estimate of drug-likeness (QED) is 0.185. The molecule has 0 amide bonds. The topological polar surface area (TPSA) is 26.3 Å². The Kier molecular flexibility index (Phi) is 5.91. The van der Waals surface area contributed by atoms with Gasteiger partial charge < -0.3 is 8.83 Å². The molecule has 0 spiro atoms. The third-order valence-electron chi connectivity index (χ3n) is 9.77. The van der Waals surface area contributed by atoms with Crippen LogP contribution in [0.25, 0.3) is 99.0 Å². The summed E-state index contributed by atoms with van der Waals surface area (Å²) in [5.74, 6) is 0. The van der Waals surface area contributed by atoms with Crippen molar-refractivity contribution in [2.24, 2.45) is 0 Å². The Balaban J connectivity index is 1.16. The van der Waals surface area contributed by atoms with Crippen LogP contribution in [-0.4, -0.2) is 0 Å². The summed E-state index contributed by atoms with van der Waals surface area (Å²) in [5.41, 5.74) is 11.8. The highest BCUT2D eigenvalue weighted by molar-refractivity contribution is 6.22. The van der Waals surface area contributed by atoms with Crippen LogP contribution >= 0.6 is 0 Å². The van der Waals surface area contributed by atoms with Gasteiger partial charge in [-0.3, -0.25) is 0 Å². The monoisotopic (exact) mass is 612 g/mol. The van der Waals surface area contributed by atoms with Crippen molar-refractivity contribution in [2.75, 3.05) is 0 Å². The van der Waals surface area contributed by atoms with Crippen molar-refractivity contribution < 1.29 is 8.83 Å². The standard InChI is InChI=1S/C46H28O2/c1-3-11-29(12-4-1)30-19-21-32(22-20-30)43-35-15-7-9-17-37(35)44(38-18-10-8-16-36(38)43)33-23-24-34-39-25-26-40-41(31-13-5-2-6-14-31)28-47-45(40)46(39)48-42(34)27-33/h1-28H. The highest BCUT2D eigenvalue weighted by Gasteiger charge is 2.20. The van der Waals surface area contributed by atoms with E-state index in [-0.39, 0.29) is 0 Å². The van der Waals surface area contributed by atoms with Gasteiger partial charge in [-0.1, -0.05) is 140 Å². The molecule has 0 bridgehead atoms. The van der Waals surface area contributed by atoms with E-state index in [0.717, 1.165) is 49.6 Å². The summed E-state index contributed by atoms with van der Waals surface area (Å²) in [5, 5.41) is 8.09. The molecule has 0 saturated heterocycles. The van der Waals surface area contributed by atoms with Gasteiger partial charge in [0.05, 0.1) is 6.26 Å². The molecule has 2 heterocycles. The number of hydrogen-bond acceptors (Lipinski definition) is 2. The summed E-state index contributed by atoms with van der Waals surface area (Å²) >= 11 is 0. The first-order chi connectivity index (χ1) is 23.8. The summed E-state index contributed by atoms with van der Waals surface area (Å²) < 4.78 is 12.8. The minimum atomic E-state index is 0.780. The van der Waals surface area contributed by atoms with E-state index < -0.39 is 0 Å². The first kappa shape index (κ1) is 26.8. The highest BCUT2D eigenvalue weighted by Crippen LogP contribution is 2.45. The maximum absolute atomic E-state index is 6.65. The van der Waals surface area contributed by atoms with Crippen LogP contribution in [0.4, 0.5) is 0 Å². The number of rotatable bonds is 4. The van der Waals surface area contributed by atoms with Crippen LogP contribution in [0.1, 0.15) is 0 Å². The maximum Gasteiger partial charge on any atom is 0.178 e. The predicted octanol–water partition coefficient (Wildman–Crippen LogP) is 13.3. The van der Waals surface area contributed by atoms with Crippen molar-refractivity contribution in [3.8, 4) is 44.5 Å². The minimum absolute atomic E-state index is 0.780. The van der Waals surface area contributed by atoms with Crippen LogP contribution < -0.4 is 0 Å². The van der Waals surface area contributed by atoms with Crippen LogP contribution in [0.2, 0.25) is 0 Å². The van der Waals surface area contributed by atoms with Crippen molar-refractivity contribution in [2.45, 2.75) is 0 Å². The zero-order chi connectivity index (χ0) is 31.6. The lowest BCUT2D eigenvalue weighted by molar-refractivity contribution is 0.600. The van der Waals surface area contributed by atoms with Crippen molar-refractivity contribution in [1.29, 1.82) is 0 Å². The van der Waals surface area contributed by atoms with E-state index in [1.807, 2.05) is 12.3 Å². The molecule has 0 aliphatic heterocycles. The molecule has 8 aromatic carbocycles. The van der Waals surface area contributed by atoms with Crippen LogP contribution in [-0.2, 0) is 0 Å². The molecule has 0 saturated carbocycles. The zero-order valence-electron chi connectivity index (χ0n) is 26.0. The Labute approximate surface area is 277 Å². The largest absolute Gasteiger partial charge is 0.460 e. The van der Waals surface area contributed by atoms with Gasteiger partial charge in [0.2, 0.25) is 0 Å². The Hall–Kier alpha value is -6.38. The molecule has 2 aromatic heterocycles. The van der Waals surface area contributed by atoms with Crippen molar-refractivity contribution in [3.63, 3.8) is 0 Å². The van der Waals surface area contributed by atoms with Gasteiger partial charge in [0.1, 0.15) is 5.58 Å².